The molecule has 0 spiro atoms. The standard InChI is InChI=1S/C16H30O3/c1-5-18-12-14(13-9-7-6-8-10-13)11-15(17)19-16(2,3)4/h13-14H,5-12H2,1-4H3/t14-/m1/s1. The van der Waals surface area contributed by atoms with Crippen molar-refractivity contribution in [2.45, 2.75) is 71.8 Å². The Morgan fingerprint density at radius 3 is 2.37 bits per heavy atom. The smallest absolute Gasteiger partial charge is 0.306 e. The van der Waals surface area contributed by atoms with E-state index < -0.39 is 0 Å². The zero-order valence-corrected chi connectivity index (χ0v) is 13.0. The SMILES string of the molecule is CCOC[C@@H](CC(=O)OC(C)(C)C)C1CCCCC1. The van der Waals surface area contributed by atoms with Crippen molar-refractivity contribution in [2.75, 3.05) is 13.2 Å². The Labute approximate surface area is 118 Å². The number of esters is 1. The van der Waals surface area contributed by atoms with E-state index in [0.29, 0.717) is 24.9 Å². The molecule has 0 N–H and O–H groups in total. The van der Waals surface area contributed by atoms with E-state index in [1.165, 1.54) is 32.1 Å². The minimum absolute atomic E-state index is 0.0808. The summed E-state index contributed by atoms with van der Waals surface area (Å²) in [5, 5.41) is 0. The molecule has 112 valence electrons. The summed E-state index contributed by atoms with van der Waals surface area (Å²) in [7, 11) is 0. The first-order valence-corrected chi connectivity index (χ1v) is 7.72. The normalized spacial score (nSPS) is 19.2. The van der Waals surface area contributed by atoms with E-state index in [1.807, 2.05) is 27.7 Å². The van der Waals surface area contributed by atoms with Gasteiger partial charge in [-0.3, -0.25) is 4.79 Å². The third-order valence-corrected chi connectivity index (χ3v) is 3.70. The molecule has 1 saturated carbocycles. The molecule has 1 rings (SSSR count). The highest BCUT2D eigenvalue weighted by molar-refractivity contribution is 5.70. The van der Waals surface area contributed by atoms with Crippen LogP contribution in [-0.4, -0.2) is 24.8 Å². The van der Waals surface area contributed by atoms with Gasteiger partial charge in [0.2, 0.25) is 0 Å². The third-order valence-electron chi connectivity index (χ3n) is 3.70. The first-order chi connectivity index (χ1) is 8.92. The summed E-state index contributed by atoms with van der Waals surface area (Å²) in [6.45, 7) is 9.18. The number of carbonyl (C=O) groups excluding carboxylic acids is 1. The Hall–Kier alpha value is -0.570. The summed E-state index contributed by atoms with van der Waals surface area (Å²) in [6.07, 6.45) is 6.90. The van der Waals surface area contributed by atoms with Gasteiger partial charge in [0.25, 0.3) is 0 Å². The number of hydrogen-bond acceptors (Lipinski definition) is 3. The van der Waals surface area contributed by atoms with Crippen LogP contribution in [0.3, 0.4) is 0 Å². The lowest BCUT2D eigenvalue weighted by Crippen LogP contribution is -2.30. The van der Waals surface area contributed by atoms with Gasteiger partial charge in [-0.25, -0.2) is 0 Å². The molecule has 0 heterocycles. The predicted molar refractivity (Wildman–Crippen MR) is 77.0 cm³/mol. The van der Waals surface area contributed by atoms with E-state index in [0.717, 1.165) is 6.61 Å². The van der Waals surface area contributed by atoms with Gasteiger partial charge >= 0.3 is 5.97 Å². The van der Waals surface area contributed by atoms with Crippen LogP contribution in [0.15, 0.2) is 0 Å². The van der Waals surface area contributed by atoms with Crippen LogP contribution in [0.2, 0.25) is 0 Å². The van der Waals surface area contributed by atoms with Gasteiger partial charge < -0.3 is 9.47 Å². The van der Waals surface area contributed by atoms with Gasteiger partial charge in [-0.15, -0.1) is 0 Å². The van der Waals surface area contributed by atoms with Crippen molar-refractivity contribution in [1.82, 2.24) is 0 Å². The molecule has 0 aromatic rings. The van der Waals surface area contributed by atoms with Crippen LogP contribution >= 0.6 is 0 Å². The van der Waals surface area contributed by atoms with Gasteiger partial charge in [-0.2, -0.15) is 0 Å². The first-order valence-electron chi connectivity index (χ1n) is 7.72. The van der Waals surface area contributed by atoms with Crippen molar-refractivity contribution in [3.8, 4) is 0 Å². The number of carbonyl (C=O) groups is 1. The average Bonchev–Trinajstić information content (AvgIpc) is 2.33. The molecule has 1 aliphatic rings. The van der Waals surface area contributed by atoms with Gasteiger partial charge in [0.15, 0.2) is 0 Å². The topological polar surface area (TPSA) is 35.5 Å². The molecule has 0 aliphatic heterocycles. The van der Waals surface area contributed by atoms with Crippen LogP contribution in [0.25, 0.3) is 0 Å². The maximum absolute atomic E-state index is 12.0. The quantitative estimate of drug-likeness (QED) is 0.685. The zero-order valence-electron chi connectivity index (χ0n) is 13.0. The van der Waals surface area contributed by atoms with Crippen LogP contribution in [0, 0.1) is 11.8 Å². The fraction of sp³-hybridized carbons (Fsp3) is 0.938. The highest BCUT2D eigenvalue weighted by Gasteiger charge is 2.28. The average molecular weight is 270 g/mol. The van der Waals surface area contributed by atoms with Gasteiger partial charge in [0, 0.05) is 6.61 Å². The van der Waals surface area contributed by atoms with Crippen LogP contribution < -0.4 is 0 Å². The molecule has 0 radical (unpaired) electrons. The van der Waals surface area contributed by atoms with E-state index in [-0.39, 0.29) is 11.6 Å². The summed E-state index contributed by atoms with van der Waals surface area (Å²) in [5.41, 5.74) is -0.389. The Balaban J connectivity index is 2.50. The van der Waals surface area contributed by atoms with Crippen molar-refractivity contribution < 1.29 is 14.3 Å². The molecule has 0 saturated heterocycles. The summed E-state index contributed by atoms with van der Waals surface area (Å²) < 4.78 is 11.0. The Morgan fingerprint density at radius 1 is 1.21 bits per heavy atom. The largest absolute Gasteiger partial charge is 0.460 e. The molecule has 0 aromatic heterocycles. The Bertz CT molecular complexity index is 262. The number of hydrogen-bond donors (Lipinski definition) is 0. The predicted octanol–water partition coefficient (Wildman–Crippen LogP) is 3.95. The molecule has 1 aliphatic carbocycles. The molecule has 1 atom stereocenters. The molecule has 0 unspecified atom stereocenters. The molecule has 3 heteroatoms. The lowest BCUT2D eigenvalue weighted by Gasteiger charge is -2.30. The van der Waals surface area contributed by atoms with Crippen LogP contribution in [0.5, 0.6) is 0 Å². The van der Waals surface area contributed by atoms with Gasteiger partial charge in [0.1, 0.15) is 5.60 Å². The molecule has 19 heavy (non-hydrogen) atoms. The maximum Gasteiger partial charge on any atom is 0.306 e. The van der Waals surface area contributed by atoms with E-state index in [2.05, 4.69) is 0 Å². The van der Waals surface area contributed by atoms with E-state index >= 15 is 0 Å². The van der Waals surface area contributed by atoms with Crippen molar-refractivity contribution in [3.63, 3.8) is 0 Å². The summed E-state index contributed by atoms with van der Waals surface area (Å²) in [5.74, 6) is 0.880. The molecule has 1 fully saturated rings. The third kappa shape index (κ3) is 6.95. The van der Waals surface area contributed by atoms with E-state index in [1.54, 1.807) is 0 Å². The minimum atomic E-state index is -0.389. The second-order valence-corrected chi connectivity index (χ2v) is 6.61. The molecule has 0 aromatic carbocycles. The summed E-state index contributed by atoms with van der Waals surface area (Å²) in [4.78, 5) is 12.0. The highest BCUT2D eigenvalue weighted by atomic mass is 16.6. The second-order valence-electron chi connectivity index (χ2n) is 6.61. The number of ether oxygens (including phenoxy) is 2. The van der Waals surface area contributed by atoms with Crippen LogP contribution in [0.4, 0.5) is 0 Å². The van der Waals surface area contributed by atoms with E-state index in [9.17, 15) is 4.79 Å². The summed E-state index contributed by atoms with van der Waals surface area (Å²) in [6, 6.07) is 0. The molecular weight excluding hydrogens is 240 g/mol. The monoisotopic (exact) mass is 270 g/mol. The Kier molecular flexibility index (Phi) is 6.84. The molecule has 0 amide bonds. The van der Waals surface area contributed by atoms with Crippen LogP contribution in [0.1, 0.15) is 66.2 Å². The van der Waals surface area contributed by atoms with Gasteiger partial charge in [-0.05, 0) is 39.5 Å². The highest BCUT2D eigenvalue weighted by Crippen LogP contribution is 2.32. The molecule has 0 bridgehead atoms. The maximum atomic E-state index is 12.0. The lowest BCUT2D eigenvalue weighted by molar-refractivity contribution is -0.157. The van der Waals surface area contributed by atoms with Crippen molar-refractivity contribution in [1.29, 1.82) is 0 Å². The first kappa shape index (κ1) is 16.5. The second kappa shape index (κ2) is 7.88. The minimum Gasteiger partial charge on any atom is -0.460 e. The van der Waals surface area contributed by atoms with Crippen molar-refractivity contribution in [3.05, 3.63) is 0 Å². The van der Waals surface area contributed by atoms with Gasteiger partial charge in [-0.1, -0.05) is 32.1 Å². The van der Waals surface area contributed by atoms with Gasteiger partial charge in [0.05, 0.1) is 13.0 Å². The fourth-order valence-corrected chi connectivity index (χ4v) is 2.83. The molecular formula is C16H30O3. The van der Waals surface area contributed by atoms with Crippen molar-refractivity contribution in [2.24, 2.45) is 11.8 Å². The number of rotatable bonds is 6. The van der Waals surface area contributed by atoms with Crippen LogP contribution in [-0.2, 0) is 14.3 Å². The van der Waals surface area contributed by atoms with E-state index in [4.69, 9.17) is 9.47 Å². The summed E-state index contributed by atoms with van der Waals surface area (Å²) >= 11 is 0. The fourth-order valence-electron chi connectivity index (χ4n) is 2.83. The van der Waals surface area contributed by atoms with Crippen molar-refractivity contribution >= 4 is 5.97 Å². The Morgan fingerprint density at radius 2 is 1.84 bits per heavy atom. The molecule has 3 nitrogen and oxygen atoms in total. The lowest BCUT2D eigenvalue weighted by atomic mass is 9.79. The zero-order chi connectivity index (χ0) is 14.3.